The van der Waals surface area contributed by atoms with Crippen molar-refractivity contribution in [2.24, 2.45) is 0 Å². The van der Waals surface area contributed by atoms with Crippen molar-refractivity contribution in [2.75, 3.05) is 17.3 Å². The largest absolute Gasteiger partial charge is 0.349 e. The van der Waals surface area contributed by atoms with Crippen LogP contribution in [0.4, 0.5) is 0 Å². The lowest BCUT2D eigenvalue weighted by Crippen LogP contribution is -2.47. The second kappa shape index (κ2) is 9.06. The van der Waals surface area contributed by atoms with Gasteiger partial charge in [0.2, 0.25) is 5.91 Å². The average molecular weight is 491 g/mol. The molecule has 180 valence electrons. The van der Waals surface area contributed by atoms with Gasteiger partial charge in [0.05, 0.1) is 22.8 Å². The third-order valence-electron chi connectivity index (χ3n) is 6.64. The molecule has 1 aliphatic carbocycles. The van der Waals surface area contributed by atoms with Gasteiger partial charge < -0.3 is 5.32 Å². The molecule has 2 aliphatic rings. The van der Waals surface area contributed by atoms with Gasteiger partial charge in [-0.25, -0.2) is 8.42 Å². The third kappa shape index (κ3) is 5.62. The highest BCUT2D eigenvalue weighted by Gasteiger charge is 2.39. The first kappa shape index (κ1) is 24.3. The summed E-state index contributed by atoms with van der Waals surface area (Å²) >= 11 is 1.37. The molecule has 2 aromatic rings. The summed E-state index contributed by atoms with van der Waals surface area (Å²) in [6, 6.07) is 8.86. The fourth-order valence-corrected chi connectivity index (χ4v) is 7.69. The van der Waals surface area contributed by atoms with Gasteiger partial charge in [0.25, 0.3) is 0 Å². The van der Waals surface area contributed by atoms with Crippen LogP contribution >= 0.6 is 11.8 Å². The highest BCUT2D eigenvalue weighted by molar-refractivity contribution is 7.99. The highest BCUT2D eigenvalue weighted by atomic mass is 32.2. The number of benzene rings is 1. The molecule has 1 amide bonds. The van der Waals surface area contributed by atoms with Crippen LogP contribution in [0, 0.1) is 0 Å². The van der Waals surface area contributed by atoms with E-state index in [1.165, 1.54) is 30.2 Å². The fraction of sp³-hybridized carbons (Fsp3) is 0.625. The summed E-state index contributed by atoms with van der Waals surface area (Å²) in [6.45, 7) is 8.40. The number of nitrogens with one attached hydrogen (secondary N) is 1. The number of hydrogen-bond acceptors (Lipinski definition) is 6. The molecule has 2 heterocycles. The summed E-state index contributed by atoms with van der Waals surface area (Å²) in [5.74, 6) is 0.993. The lowest BCUT2D eigenvalue weighted by atomic mass is 9.86. The molecule has 1 saturated heterocycles. The molecule has 0 radical (unpaired) electrons. The van der Waals surface area contributed by atoms with Gasteiger partial charge >= 0.3 is 0 Å². The summed E-state index contributed by atoms with van der Waals surface area (Å²) in [5, 5.41) is 12.6. The Balaban J connectivity index is 1.52. The number of rotatable bonds is 6. The normalized spacial score (nSPS) is 23.2. The Hall–Kier alpha value is -1.87. The summed E-state index contributed by atoms with van der Waals surface area (Å²) in [7, 11) is -3.07. The van der Waals surface area contributed by atoms with E-state index in [-0.39, 0.29) is 28.6 Å². The van der Waals surface area contributed by atoms with Crippen LogP contribution in [-0.2, 0) is 20.0 Å². The fourth-order valence-electron chi connectivity index (χ4n) is 4.80. The predicted octanol–water partition coefficient (Wildman–Crippen LogP) is 4.14. The zero-order valence-electron chi connectivity index (χ0n) is 19.9. The highest BCUT2D eigenvalue weighted by Crippen LogP contribution is 2.37. The van der Waals surface area contributed by atoms with Gasteiger partial charge in [-0.05, 0) is 37.2 Å². The second-order valence-electron chi connectivity index (χ2n) is 10.7. The zero-order chi connectivity index (χ0) is 23.9. The quantitative estimate of drug-likeness (QED) is 0.612. The van der Waals surface area contributed by atoms with Crippen molar-refractivity contribution in [1.29, 1.82) is 0 Å². The van der Waals surface area contributed by atoms with Crippen LogP contribution in [0.15, 0.2) is 29.4 Å². The molecule has 9 heteroatoms. The Labute approximate surface area is 201 Å². The standard InChI is InChI=1S/C24H34N4O3S2/c1-23(2,3)18-11-9-17(10-12-18)21-26-27-22(28(21)19-7-5-6-8-19)32-15-20(29)25-24(4)13-14-33(30,31)16-24/h9-12,19H,5-8,13-16H2,1-4H3,(H,25,29)/t24-/m1/s1. The van der Waals surface area contributed by atoms with Crippen LogP contribution in [0.25, 0.3) is 11.4 Å². The molecular weight excluding hydrogens is 456 g/mol. The summed E-state index contributed by atoms with van der Waals surface area (Å²) in [5.41, 5.74) is 1.70. The Bertz CT molecular complexity index is 1110. The van der Waals surface area contributed by atoms with Crippen LogP contribution in [-0.4, -0.2) is 51.9 Å². The Morgan fingerprint density at radius 2 is 1.85 bits per heavy atom. The molecule has 1 aromatic heterocycles. The van der Waals surface area contributed by atoms with E-state index >= 15 is 0 Å². The number of nitrogens with zero attached hydrogens (tertiary/aromatic N) is 3. The minimum Gasteiger partial charge on any atom is -0.349 e. The van der Waals surface area contributed by atoms with E-state index in [9.17, 15) is 13.2 Å². The monoisotopic (exact) mass is 490 g/mol. The molecule has 1 aromatic carbocycles. The van der Waals surface area contributed by atoms with Crippen LogP contribution < -0.4 is 5.32 Å². The first-order valence-electron chi connectivity index (χ1n) is 11.7. The van der Waals surface area contributed by atoms with E-state index in [0.717, 1.165) is 29.4 Å². The van der Waals surface area contributed by atoms with Gasteiger partial charge in [0.15, 0.2) is 20.8 Å². The minimum atomic E-state index is -3.07. The molecule has 4 rings (SSSR count). The van der Waals surface area contributed by atoms with Gasteiger partial charge in [-0.1, -0.05) is 69.6 Å². The minimum absolute atomic E-state index is 0.00335. The molecule has 33 heavy (non-hydrogen) atoms. The maximum absolute atomic E-state index is 12.6. The number of hydrogen-bond donors (Lipinski definition) is 1. The molecule has 1 N–H and O–H groups in total. The Morgan fingerprint density at radius 1 is 1.18 bits per heavy atom. The molecule has 0 bridgehead atoms. The number of thioether (sulfide) groups is 1. The smallest absolute Gasteiger partial charge is 0.230 e. The van der Waals surface area contributed by atoms with Crippen molar-refractivity contribution >= 4 is 27.5 Å². The molecule has 7 nitrogen and oxygen atoms in total. The molecule has 0 unspecified atom stereocenters. The topological polar surface area (TPSA) is 94.0 Å². The predicted molar refractivity (Wildman–Crippen MR) is 132 cm³/mol. The SMILES string of the molecule is CC(C)(C)c1ccc(-c2nnc(SCC(=O)N[C@]3(C)CCS(=O)(=O)C3)n2C2CCCC2)cc1. The maximum atomic E-state index is 12.6. The summed E-state index contributed by atoms with van der Waals surface area (Å²) < 4.78 is 25.9. The van der Waals surface area contributed by atoms with E-state index in [1.54, 1.807) is 6.92 Å². The first-order valence-corrected chi connectivity index (χ1v) is 14.5. The van der Waals surface area contributed by atoms with Crippen molar-refractivity contribution in [3.8, 4) is 11.4 Å². The van der Waals surface area contributed by atoms with Gasteiger partial charge in [-0.15, -0.1) is 10.2 Å². The molecule has 2 fully saturated rings. The van der Waals surface area contributed by atoms with Crippen LogP contribution in [0.2, 0.25) is 0 Å². The number of sulfone groups is 1. The molecule has 1 atom stereocenters. The van der Waals surface area contributed by atoms with Crippen LogP contribution in [0.1, 0.15) is 71.4 Å². The Morgan fingerprint density at radius 3 is 2.42 bits per heavy atom. The summed E-state index contributed by atoms with van der Waals surface area (Å²) in [6.07, 6.45) is 4.99. The summed E-state index contributed by atoms with van der Waals surface area (Å²) in [4.78, 5) is 12.6. The van der Waals surface area contributed by atoms with E-state index in [0.29, 0.717) is 12.5 Å². The van der Waals surface area contributed by atoms with Crippen molar-refractivity contribution in [3.63, 3.8) is 0 Å². The van der Waals surface area contributed by atoms with E-state index < -0.39 is 15.4 Å². The van der Waals surface area contributed by atoms with Crippen LogP contribution in [0.5, 0.6) is 0 Å². The molecule has 1 aliphatic heterocycles. The zero-order valence-corrected chi connectivity index (χ0v) is 21.6. The number of amides is 1. The van der Waals surface area contributed by atoms with Gasteiger partial charge in [-0.2, -0.15) is 0 Å². The van der Waals surface area contributed by atoms with Crippen molar-refractivity contribution in [1.82, 2.24) is 20.1 Å². The molecule has 0 spiro atoms. The van der Waals surface area contributed by atoms with E-state index in [1.807, 2.05) is 0 Å². The van der Waals surface area contributed by atoms with E-state index in [4.69, 9.17) is 0 Å². The number of carbonyl (C=O) groups is 1. The van der Waals surface area contributed by atoms with E-state index in [2.05, 4.69) is 65.1 Å². The maximum Gasteiger partial charge on any atom is 0.230 e. The average Bonchev–Trinajstić information content (AvgIpc) is 3.44. The third-order valence-corrected chi connectivity index (χ3v) is 9.49. The number of carbonyl (C=O) groups excluding carboxylic acids is 1. The lowest BCUT2D eigenvalue weighted by molar-refractivity contribution is -0.120. The molecular formula is C24H34N4O3S2. The van der Waals surface area contributed by atoms with Crippen LogP contribution in [0.3, 0.4) is 0 Å². The van der Waals surface area contributed by atoms with Crippen molar-refractivity contribution in [3.05, 3.63) is 29.8 Å². The molecule has 1 saturated carbocycles. The van der Waals surface area contributed by atoms with Gasteiger partial charge in [-0.3, -0.25) is 9.36 Å². The lowest BCUT2D eigenvalue weighted by Gasteiger charge is -2.24. The van der Waals surface area contributed by atoms with Crippen molar-refractivity contribution < 1.29 is 13.2 Å². The van der Waals surface area contributed by atoms with Gasteiger partial charge in [0.1, 0.15) is 0 Å². The van der Waals surface area contributed by atoms with Gasteiger partial charge in [0, 0.05) is 11.6 Å². The van der Waals surface area contributed by atoms with Crippen molar-refractivity contribution in [2.45, 2.75) is 82.0 Å². The Kier molecular flexibility index (Phi) is 6.66. The number of aromatic nitrogens is 3. The first-order chi connectivity index (χ1) is 15.5. The second-order valence-corrected chi connectivity index (χ2v) is 13.8.